The van der Waals surface area contributed by atoms with Crippen molar-refractivity contribution in [3.63, 3.8) is 0 Å². The number of rotatable bonds is 5. The van der Waals surface area contributed by atoms with Crippen LogP contribution in [0.15, 0.2) is 24.5 Å². The molecular formula is C16H23ClN2. The predicted molar refractivity (Wildman–Crippen MR) is 82.4 cm³/mol. The molecule has 2 nitrogen and oxygen atoms in total. The van der Waals surface area contributed by atoms with E-state index in [-0.39, 0.29) is 0 Å². The lowest BCUT2D eigenvalue weighted by molar-refractivity contribution is 0.266. The Morgan fingerprint density at radius 3 is 2.95 bits per heavy atom. The normalized spacial score (nSPS) is 20.4. The van der Waals surface area contributed by atoms with Crippen LogP contribution in [-0.2, 0) is 0 Å². The van der Waals surface area contributed by atoms with E-state index in [9.17, 15) is 0 Å². The summed E-state index contributed by atoms with van der Waals surface area (Å²) in [4.78, 5) is 6.75. The molecule has 0 aliphatic carbocycles. The van der Waals surface area contributed by atoms with Crippen LogP contribution < -0.4 is 0 Å². The minimum absolute atomic E-state index is 0.601. The lowest BCUT2D eigenvalue weighted by Gasteiger charge is -2.31. The number of pyridine rings is 1. The van der Waals surface area contributed by atoms with Crippen molar-refractivity contribution in [3.8, 4) is 0 Å². The van der Waals surface area contributed by atoms with Gasteiger partial charge in [0.1, 0.15) is 0 Å². The Kier molecular flexibility index (Phi) is 5.41. The van der Waals surface area contributed by atoms with Crippen molar-refractivity contribution in [3.05, 3.63) is 35.1 Å². The summed E-state index contributed by atoms with van der Waals surface area (Å²) in [6, 6.07) is 2.02. The summed E-state index contributed by atoms with van der Waals surface area (Å²) in [5.74, 6) is 0.601. The molecule has 3 heteroatoms. The van der Waals surface area contributed by atoms with Gasteiger partial charge in [-0.25, -0.2) is 0 Å². The first-order valence-corrected chi connectivity index (χ1v) is 7.60. The number of hydrogen-bond acceptors (Lipinski definition) is 2. The lowest BCUT2D eigenvalue weighted by atomic mass is 9.97. The van der Waals surface area contributed by atoms with Crippen LogP contribution in [0.25, 0.3) is 5.57 Å². The first-order valence-electron chi connectivity index (χ1n) is 7.23. The van der Waals surface area contributed by atoms with Gasteiger partial charge in [0, 0.05) is 25.5 Å². The number of halogens is 1. The zero-order chi connectivity index (χ0) is 13.7. The maximum absolute atomic E-state index is 6.04. The van der Waals surface area contributed by atoms with E-state index in [4.69, 9.17) is 11.6 Å². The van der Waals surface area contributed by atoms with E-state index in [1.54, 1.807) is 6.20 Å². The van der Waals surface area contributed by atoms with Crippen molar-refractivity contribution < 1.29 is 0 Å². The van der Waals surface area contributed by atoms with E-state index in [2.05, 4.69) is 29.8 Å². The minimum Gasteiger partial charge on any atom is -0.298 e. The fraction of sp³-hybridized carbons (Fsp3) is 0.562. The minimum atomic E-state index is 0.601. The van der Waals surface area contributed by atoms with Crippen LogP contribution in [0.1, 0.15) is 38.7 Å². The van der Waals surface area contributed by atoms with E-state index in [0.29, 0.717) is 10.9 Å². The molecule has 0 saturated carbocycles. The van der Waals surface area contributed by atoms with Gasteiger partial charge >= 0.3 is 0 Å². The van der Waals surface area contributed by atoms with Gasteiger partial charge in [0.25, 0.3) is 0 Å². The fourth-order valence-electron chi connectivity index (χ4n) is 2.69. The zero-order valence-corrected chi connectivity index (χ0v) is 12.7. The van der Waals surface area contributed by atoms with Crippen molar-refractivity contribution in [1.29, 1.82) is 0 Å². The SMILES string of the molecule is CCCCCN1CC(c2cncc(Cl)c2)=C[C@@H](C)C1. The monoisotopic (exact) mass is 278 g/mol. The lowest BCUT2D eigenvalue weighted by Crippen LogP contribution is -2.34. The van der Waals surface area contributed by atoms with Gasteiger partial charge in [0.05, 0.1) is 5.02 Å². The second-order valence-corrected chi connectivity index (χ2v) is 5.94. The van der Waals surface area contributed by atoms with E-state index in [1.165, 1.54) is 43.5 Å². The molecule has 1 atom stereocenters. The summed E-state index contributed by atoms with van der Waals surface area (Å²) in [6.45, 7) is 7.92. The Hall–Kier alpha value is -0.860. The molecule has 1 aromatic heterocycles. The van der Waals surface area contributed by atoms with Gasteiger partial charge in [0.2, 0.25) is 0 Å². The number of nitrogens with zero attached hydrogens (tertiary/aromatic N) is 2. The van der Waals surface area contributed by atoms with Crippen molar-refractivity contribution in [2.45, 2.75) is 33.1 Å². The standard InChI is InChI=1S/C16H23ClN2/c1-3-4-5-6-19-11-13(2)7-15(12-19)14-8-16(17)10-18-9-14/h7-10,13H,3-6,11-12H2,1-2H3/t13-/m1/s1. The molecule has 0 amide bonds. The number of unbranched alkanes of at least 4 members (excludes halogenated alkanes) is 2. The highest BCUT2D eigenvalue weighted by Gasteiger charge is 2.18. The molecule has 0 unspecified atom stereocenters. The molecule has 2 rings (SSSR count). The summed E-state index contributed by atoms with van der Waals surface area (Å²) >= 11 is 6.04. The summed E-state index contributed by atoms with van der Waals surface area (Å²) in [5.41, 5.74) is 2.53. The molecule has 2 heterocycles. The third-order valence-corrected chi connectivity index (χ3v) is 3.79. The van der Waals surface area contributed by atoms with Crippen LogP contribution in [0.2, 0.25) is 5.02 Å². The first-order chi connectivity index (χ1) is 9.19. The molecule has 1 aliphatic rings. The van der Waals surface area contributed by atoms with Gasteiger partial charge in [-0.15, -0.1) is 0 Å². The summed E-state index contributed by atoms with van der Waals surface area (Å²) in [6.07, 6.45) is 9.87. The first kappa shape index (κ1) is 14.5. The zero-order valence-electron chi connectivity index (χ0n) is 11.9. The van der Waals surface area contributed by atoms with Crippen LogP contribution in [0.5, 0.6) is 0 Å². The molecular weight excluding hydrogens is 256 g/mol. The Bertz CT molecular complexity index is 442. The molecule has 1 aromatic rings. The highest BCUT2D eigenvalue weighted by Crippen LogP contribution is 2.25. The van der Waals surface area contributed by atoms with Gasteiger partial charge in [0.15, 0.2) is 0 Å². The fourth-order valence-corrected chi connectivity index (χ4v) is 2.87. The third kappa shape index (κ3) is 4.32. The summed E-state index contributed by atoms with van der Waals surface area (Å²) < 4.78 is 0. The average molecular weight is 279 g/mol. The molecule has 19 heavy (non-hydrogen) atoms. The highest BCUT2D eigenvalue weighted by molar-refractivity contribution is 6.30. The molecule has 0 spiro atoms. The molecule has 0 aromatic carbocycles. The van der Waals surface area contributed by atoms with Crippen molar-refractivity contribution in [1.82, 2.24) is 9.88 Å². The summed E-state index contributed by atoms with van der Waals surface area (Å²) in [7, 11) is 0. The van der Waals surface area contributed by atoms with Gasteiger partial charge in [-0.05, 0) is 36.1 Å². The van der Waals surface area contributed by atoms with Crippen LogP contribution in [0.4, 0.5) is 0 Å². The largest absolute Gasteiger partial charge is 0.298 e. The maximum Gasteiger partial charge on any atom is 0.0595 e. The molecule has 0 radical (unpaired) electrons. The molecule has 0 bridgehead atoms. The Morgan fingerprint density at radius 1 is 1.37 bits per heavy atom. The van der Waals surface area contributed by atoms with Gasteiger partial charge in [-0.3, -0.25) is 9.88 Å². The predicted octanol–water partition coefficient (Wildman–Crippen LogP) is 4.26. The van der Waals surface area contributed by atoms with E-state index in [0.717, 1.165) is 6.54 Å². The smallest absolute Gasteiger partial charge is 0.0595 e. The number of hydrogen-bond donors (Lipinski definition) is 0. The van der Waals surface area contributed by atoms with Crippen LogP contribution >= 0.6 is 11.6 Å². The Morgan fingerprint density at radius 2 is 2.21 bits per heavy atom. The Labute approximate surface area is 121 Å². The quantitative estimate of drug-likeness (QED) is 0.748. The second-order valence-electron chi connectivity index (χ2n) is 5.50. The van der Waals surface area contributed by atoms with Gasteiger partial charge in [-0.1, -0.05) is 44.4 Å². The molecule has 104 valence electrons. The van der Waals surface area contributed by atoms with E-state index < -0.39 is 0 Å². The molecule has 0 fully saturated rings. The van der Waals surface area contributed by atoms with Gasteiger partial charge in [-0.2, -0.15) is 0 Å². The molecule has 1 aliphatic heterocycles. The van der Waals surface area contributed by atoms with Gasteiger partial charge < -0.3 is 0 Å². The summed E-state index contributed by atoms with van der Waals surface area (Å²) in [5, 5.41) is 0.717. The van der Waals surface area contributed by atoms with Crippen LogP contribution in [0, 0.1) is 5.92 Å². The topological polar surface area (TPSA) is 16.1 Å². The Balaban J connectivity index is 2.04. The second kappa shape index (κ2) is 7.06. The van der Waals surface area contributed by atoms with Crippen LogP contribution in [0.3, 0.4) is 0 Å². The molecule has 0 saturated heterocycles. The van der Waals surface area contributed by atoms with E-state index >= 15 is 0 Å². The van der Waals surface area contributed by atoms with Crippen molar-refractivity contribution in [2.75, 3.05) is 19.6 Å². The average Bonchev–Trinajstić information content (AvgIpc) is 2.38. The highest BCUT2D eigenvalue weighted by atomic mass is 35.5. The van der Waals surface area contributed by atoms with Crippen molar-refractivity contribution in [2.24, 2.45) is 5.92 Å². The van der Waals surface area contributed by atoms with E-state index in [1.807, 2.05) is 12.3 Å². The van der Waals surface area contributed by atoms with Crippen molar-refractivity contribution >= 4 is 17.2 Å². The molecule has 0 N–H and O–H groups in total. The maximum atomic E-state index is 6.04. The van der Waals surface area contributed by atoms with Crippen LogP contribution in [-0.4, -0.2) is 29.5 Å². The number of aromatic nitrogens is 1. The third-order valence-electron chi connectivity index (χ3n) is 3.58.